The van der Waals surface area contributed by atoms with Crippen LogP contribution >= 0.6 is 0 Å². The van der Waals surface area contributed by atoms with Crippen molar-refractivity contribution in [3.8, 4) is 0 Å². The molecule has 0 amide bonds. The van der Waals surface area contributed by atoms with Crippen LogP contribution in [0.3, 0.4) is 0 Å². The number of nitrogens with one attached hydrogen (secondary N) is 2. The van der Waals surface area contributed by atoms with Crippen molar-refractivity contribution in [2.45, 2.75) is 45.2 Å². The number of nitrogens with zero attached hydrogens (tertiary/aromatic N) is 2. The van der Waals surface area contributed by atoms with Crippen molar-refractivity contribution in [3.05, 3.63) is 17.7 Å². The summed E-state index contributed by atoms with van der Waals surface area (Å²) in [4.78, 5) is 9.01. The molecule has 0 saturated heterocycles. The van der Waals surface area contributed by atoms with Gasteiger partial charge in [0.05, 0.1) is 17.6 Å². The van der Waals surface area contributed by atoms with Crippen molar-refractivity contribution < 1.29 is 0 Å². The summed E-state index contributed by atoms with van der Waals surface area (Å²) < 4.78 is 0. The Labute approximate surface area is 96.9 Å². The normalized spacial score (nSPS) is 15.5. The van der Waals surface area contributed by atoms with Crippen LogP contribution in [0, 0.1) is 0 Å². The van der Waals surface area contributed by atoms with E-state index in [9.17, 15) is 0 Å². The molecule has 88 valence electrons. The molecule has 1 aliphatic rings. The average molecular weight is 220 g/mol. The van der Waals surface area contributed by atoms with Crippen LogP contribution in [0.15, 0.2) is 6.20 Å². The van der Waals surface area contributed by atoms with Gasteiger partial charge in [0, 0.05) is 18.5 Å². The second-order valence-corrected chi connectivity index (χ2v) is 4.69. The Hall–Kier alpha value is -1.16. The van der Waals surface area contributed by atoms with E-state index in [2.05, 4.69) is 34.4 Å². The minimum Gasteiger partial charge on any atom is -0.380 e. The standard InChI is InChI=1S/C12H20N4/c1-8(2)12-14-7-11(15-9-4-5-9)10(16-12)6-13-3/h7-9,13,15H,4-6H2,1-3H3. The third kappa shape index (κ3) is 2.70. The molecule has 0 spiro atoms. The summed E-state index contributed by atoms with van der Waals surface area (Å²) in [6.45, 7) is 5.02. The highest BCUT2D eigenvalue weighted by atomic mass is 15.0. The monoisotopic (exact) mass is 220 g/mol. The molecule has 2 rings (SSSR count). The average Bonchev–Trinajstić information content (AvgIpc) is 3.04. The Morgan fingerprint density at radius 3 is 2.75 bits per heavy atom. The summed E-state index contributed by atoms with van der Waals surface area (Å²) in [5.41, 5.74) is 2.16. The summed E-state index contributed by atoms with van der Waals surface area (Å²) in [7, 11) is 1.94. The number of aromatic nitrogens is 2. The molecule has 1 saturated carbocycles. The van der Waals surface area contributed by atoms with Crippen LogP contribution in [0.5, 0.6) is 0 Å². The molecule has 0 atom stereocenters. The van der Waals surface area contributed by atoms with Crippen molar-refractivity contribution in [2.75, 3.05) is 12.4 Å². The van der Waals surface area contributed by atoms with E-state index >= 15 is 0 Å². The fraction of sp³-hybridized carbons (Fsp3) is 0.667. The predicted molar refractivity (Wildman–Crippen MR) is 65.5 cm³/mol. The zero-order valence-corrected chi connectivity index (χ0v) is 10.2. The van der Waals surface area contributed by atoms with Gasteiger partial charge in [-0.1, -0.05) is 13.8 Å². The van der Waals surface area contributed by atoms with Crippen molar-refractivity contribution in [1.29, 1.82) is 0 Å². The Bertz CT molecular complexity index is 358. The molecule has 4 heteroatoms. The molecule has 16 heavy (non-hydrogen) atoms. The number of rotatable bonds is 5. The van der Waals surface area contributed by atoms with Crippen molar-refractivity contribution in [3.63, 3.8) is 0 Å². The molecule has 2 N–H and O–H groups in total. The molecule has 0 radical (unpaired) electrons. The summed E-state index contributed by atoms with van der Waals surface area (Å²) >= 11 is 0. The van der Waals surface area contributed by atoms with Crippen LogP contribution in [0.1, 0.15) is 44.1 Å². The predicted octanol–water partition coefficient (Wildman–Crippen LogP) is 1.89. The summed E-state index contributed by atoms with van der Waals surface area (Å²) in [5.74, 6) is 1.30. The third-order valence-corrected chi connectivity index (χ3v) is 2.68. The van der Waals surface area contributed by atoms with Crippen LogP contribution in [0.2, 0.25) is 0 Å². The maximum absolute atomic E-state index is 4.61. The Balaban J connectivity index is 2.20. The van der Waals surface area contributed by atoms with Gasteiger partial charge in [0.1, 0.15) is 5.82 Å². The molecular weight excluding hydrogens is 200 g/mol. The van der Waals surface area contributed by atoms with Gasteiger partial charge in [-0.3, -0.25) is 0 Å². The third-order valence-electron chi connectivity index (χ3n) is 2.68. The highest BCUT2D eigenvalue weighted by molar-refractivity contribution is 5.47. The maximum atomic E-state index is 4.61. The van der Waals surface area contributed by atoms with E-state index in [0.717, 1.165) is 23.8 Å². The van der Waals surface area contributed by atoms with E-state index < -0.39 is 0 Å². The van der Waals surface area contributed by atoms with Gasteiger partial charge in [-0.15, -0.1) is 0 Å². The molecular formula is C12H20N4. The summed E-state index contributed by atoms with van der Waals surface area (Å²) in [6, 6.07) is 0.643. The largest absolute Gasteiger partial charge is 0.380 e. The second kappa shape index (κ2) is 4.78. The molecule has 0 aromatic carbocycles. The zero-order chi connectivity index (χ0) is 11.5. The minimum atomic E-state index is 0.380. The SMILES string of the molecule is CNCc1nc(C(C)C)ncc1NC1CC1. The summed E-state index contributed by atoms with van der Waals surface area (Å²) in [6.07, 6.45) is 4.46. The molecule has 1 heterocycles. The topological polar surface area (TPSA) is 49.8 Å². The molecule has 0 unspecified atom stereocenters. The van der Waals surface area contributed by atoms with Gasteiger partial charge < -0.3 is 10.6 Å². The van der Waals surface area contributed by atoms with Gasteiger partial charge in [0.2, 0.25) is 0 Å². The first-order valence-electron chi connectivity index (χ1n) is 5.97. The van der Waals surface area contributed by atoms with Gasteiger partial charge in [-0.2, -0.15) is 0 Å². The first kappa shape index (κ1) is 11.3. The van der Waals surface area contributed by atoms with E-state index in [1.807, 2.05) is 13.2 Å². The Morgan fingerprint density at radius 2 is 2.19 bits per heavy atom. The second-order valence-electron chi connectivity index (χ2n) is 4.69. The first-order chi connectivity index (χ1) is 7.70. The van der Waals surface area contributed by atoms with E-state index in [1.165, 1.54) is 12.8 Å². The molecule has 1 fully saturated rings. The highest BCUT2D eigenvalue weighted by Gasteiger charge is 2.22. The van der Waals surface area contributed by atoms with Crippen molar-refractivity contribution >= 4 is 5.69 Å². The Morgan fingerprint density at radius 1 is 1.44 bits per heavy atom. The number of hydrogen-bond donors (Lipinski definition) is 2. The number of hydrogen-bond acceptors (Lipinski definition) is 4. The molecule has 1 aromatic rings. The van der Waals surface area contributed by atoms with E-state index in [4.69, 9.17) is 0 Å². The lowest BCUT2D eigenvalue weighted by Gasteiger charge is -2.12. The molecule has 1 aromatic heterocycles. The van der Waals surface area contributed by atoms with E-state index in [-0.39, 0.29) is 0 Å². The lowest BCUT2D eigenvalue weighted by Crippen LogP contribution is -2.14. The van der Waals surface area contributed by atoms with Gasteiger partial charge in [0.15, 0.2) is 0 Å². The van der Waals surface area contributed by atoms with Crippen LogP contribution < -0.4 is 10.6 Å². The number of anilines is 1. The van der Waals surface area contributed by atoms with E-state index in [1.54, 1.807) is 0 Å². The van der Waals surface area contributed by atoms with Gasteiger partial charge >= 0.3 is 0 Å². The smallest absolute Gasteiger partial charge is 0.131 e. The van der Waals surface area contributed by atoms with Crippen molar-refractivity contribution in [1.82, 2.24) is 15.3 Å². The maximum Gasteiger partial charge on any atom is 0.131 e. The van der Waals surface area contributed by atoms with Crippen molar-refractivity contribution in [2.24, 2.45) is 0 Å². The summed E-state index contributed by atoms with van der Waals surface area (Å²) in [5, 5.41) is 6.62. The van der Waals surface area contributed by atoms with Crippen LogP contribution in [0.4, 0.5) is 5.69 Å². The van der Waals surface area contributed by atoms with Crippen LogP contribution in [0.25, 0.3) is 0 Å². The van der Waals surface area contributed by atoms with Gasteiger partial charge in [0.25, 0.3) is 0 Å². The molecule has 1 aliphatic carbocycles. The molecule has 4 nitrogen and oxygen atoms in total. The van der Waals surface area contributed by atoms with Crippen LogP contribution in [-0.4, -0.2) is 23.1 Å². The minimum absolute atomic E-state index is 0.380. The van der Waals surface area contributed by atoms with Crippen LogP contribution in [-0.2, 0) is 6.54 Å². The van der Waals surface area contributed by atoms with Gasteiger partial charge in [-0.05, 0) is 19.9 Å². The first-order valence-corrected chi connectivity index (χ1v) is 5.97. The molecule has 0 aliphatic heterocycles. The quantitative estimate of drug-likeness (QED) is 0.795. The highest BCUT2D eigenvalue weighted by Crippen LogP contribution is 2.26. The zero-order valence-electron chi connectivity index (χ0n) is 10.2. The van der Waals surface area contributed by atoms with Gasteiger partial charge in [-0.25, -0.2) is 9.97 Å². The fourth-order valence-electron chi connectivity index (χ4n) is 1.58. The van der Waals surface area contributed by atoms with E-state index in [0.29, 0.717) is 12.0 Å². The Kier molecular flexibility index (Phi) is 3.39. The molecule has 0 bridgehead atoms. The lowest BCUT2D eigenvalue weighted by atomic mass is 10.2. The lowest BCUT2D eigenvalue weighted by molar-refractivity contribution is 0.727. The fourth-order valence-corrected chi connectivity index (χ4v) is 1.58.